The van der Waals surface area contributed by atoms with Crippen LogP contribution in [0.2, 0.25) is 0 Å². The fourth-order valence-corrected chi connectivity index (χ4v) is 3.81. The first-order valence-corrected chi connectivity index (χ1v) is 8.10. The van der Waals surface area contributed by atoms with Crippen molar-refractivity contribution in [1.82, 2.24) is 14.3 Å². The van der Waals surface area contributed by atoms with Gasteiger partial charge in [-0.1, -0.05) is 0 Å². The highest BCUT2D eigenvalue weighted by Gasteiger charge is 2.33. The third-order valence-corrected chi connectivity index (χ3v) is 5.06. The van der Waals surface area contributed by atoms with E-state index in [0.29, 0.717) is 31.6 Å². The first-order chi connectivity index (χ1) is 9.33. The molecule has 20 heavy (non-hydrogen) atoms. The highest BCUT2D eigenvalue weighted by atomic mass is 32.2. The van der Waals surface area contributed by atoms with Crippen LogP contribution in [0, 0.1) is 12.8 Å². The summed E-state index contributed by atoms with van der Waals surface area (Å²) in [5.74, 6) is -0.682. The molecule has 1 saturated carbocycles. The van der Waals surface area contributed by atoms with Gasteiger partial charge in [-0.2, -0.15) is 0 Å². The Morgan fingerprint density at radius 3 is 2.75 bits per heavy atom. The highest BCUT2D eigenvalue weighted by molar-refractivity contribution is 7.89. The standard InChI is InChI=1S/C12H19N3O4S/c1-3-15-7-11(13-8(15)2)20(18,19)14-10-5-4-9(6-10)12(16)17/h7,9-10,14H,3-6H2,1-2H3,(H,16,17)/t9-,10+/m1/s1. The van der Waals surface area contributed by atoms with Crippen molar-refractivity contribution in [3.8, 4) is 0 Å². The molecule has 1 fully saturated rings. The zero-order valence-corrected chi connectivity index (χ0v) is 12.4. The molecule has 0 radical (unpaired) electrons. The third-order valence-electron chi connectivity index (χ3n) is 3.67. The van der Waals surface area contributed by atoms with Gasteiger partial charge >= 0.3 is 5.97 Å². The van der Waals surface area contributed by atoms with Crippen LogP contribution in [-0.4, -0.2) is 35.1 Å². The minimum absolute atomic E-state index is 0.00405. The van der Waals surface area contributed by atoms with Crippen LogP contribution in [0.15, 0.2) is 11.2 Å². The Bertz CT molecular complexity index is 608. The zero-order chi connectivity index (χ0) is 14.9. The number of imidazole rings is 1. The lowest BCUT2D eigenvalue weighted by Crippen LogP contribution is -2.33. The molecule has 1 aromatic heterocycles. The molecule has 0 spiro atoms. The molecule has 0 aliphatic heterocycles. The summed E-state index contributed by atoms with van der Waals surface area (Å²) in [5, 5.41) is 8.92. The molecule has 0 unspecified atom stereocenters. The van der Waals surface area contributed by atoms with Crippen molar-refractivity contribution in [2.24, 2.45) is 5.92 Å². The number of carboxylic acid groups (broad SMARTS) is 1. The van der Waals surface area contributed by atoms with Crippen LogP contribution in [0.25, 0.3) is 0 Å². The van der Waals surface area contributed by atoms with Crippen molar-refractivity contribution in [3.05, 3.63) is 12.0 Å². The molecule has 1 aliphatic rings. The van der Waals surface area contributed by atoms with Crippen LogP contribution in [0.3, 0.4) is 0 Å². The fourth-order valence-electron chi connectivity index (χ4n) is 2.52. The lowest BCUT2D eigenvalue weighted by atomic mass is 10.1. The minimum Gasteiger partial charge on any atom is -0.481 e. The van der Waals surface area contributed by atoms with Crippen molar-refractivity contribution in [2.45, 2.75) is 50.7 Å². The number of carboxylic acids is 1. The number of sulfonamides is 1. The van der Waals surface area contributed by atoms with Crippen molar-refractivity contribution < 1.29 is 18.3 Å². The van der Waals surface area contributed by atoms with E-state index in [2.05, 4.69) is 9.71 Å². The van der Waals surface area contributed by atoms with E-state index < -0.39 is 21.9 Å². The van der Waals surface area contributed by atoms with Crippen LogP contribution < -0.4 is 4.72 Å². The SMILES string of the molecule is CCn1cc(S(=O)(=O)N[C@H]2CC[C@@H](C(=O)O)C2)nc1C. The Balaban J connectivity index is 2.10. The smallest absolute Gasteiger partial charge is 0.306 e. The summed E-state index contributed by atoms with van der Waals surface area (Å²) in [4.78, 5) is 14.9. The predicted octanol–water partition coefficient (Wildman–Crippen LogP) is 0.743. The number of nitrogens with one attached hydrogen (secondary N) is 1. The molecule has 112 valence electrons. The Hall–Kier alpha value is -1.41. The number of aromatic nitrogens is 2. The summed E-state index contributed by atoms with van der Waals surface area (Å²) in [6, 6.07) is -0.326. The zero-order valence-electron chi connectivity index (χ0n) is 11.5. The summed E-state index contributed by atoms with van der Waals surface area (Å²) in [5.41, 5.74) is 0. The number of carbonyl (C=O) groups is 1. The maximum Gasteiger partial charge on any atom is 0.306 e. The average Bonchev–Trinajstić information content (AvgIpc) is 2.95. The van der Waals surface area contributed by atoms with Gasteiger partial charge in [0, 0.05) is 18.8 Å². The molecular formula is C12H19N3O4S. The molecule has 1 aromatic rings. The first kappa shape index (κ1) is 15.0. The van der Waals surface area contributed by atoms with Gasteiger partial charge in [-0.25, -0.2) is 18.1 Å². The minimum atomic E-state index is -3.68. The van der Waals surface area contributed by atoms with Crippen molar-refractivity contribution in [3.63, 3.8) is 0 Å². The molecule has 0 saturated heterocycles. The quantitative estimate of drug-likeness (QED) is 0.835. The molecule has 8 heteroatoms. The predicted molar refractivity (Wildman–Crippen MR) is 71.7 cm³/mol. The second-order valence-corrected chi connectivity index (χ2v) is 6.74. The van der Waals surface area contributed by atoms with Crippen LogP contribution in [0.1, 0.15) is 32.0 Å². The number of rotatable bonds is 5. The Morgan fingerprint density at radius 2 is 2.25 bits per heavy atom. The van der Waals surface area contributed by atoms with Crippen molar-refractivity contribution in [2.75, 3.05) is 0 Å². The first-order valence-electron chi connectivity index (χ1n) is 6.62. The van der Waals surface area contributed by atoms with Gasteiger partial charge in [0.1, 0.15) is 5.82 Å². The molecule has 1 aliphatic carbocycles. The summed E-state index contributed by atoms with van der Waals surface area (Å²) in [6.45, 7) is 4.31. The van der Waals surface area contributed by atoms with E-state index >= 15 is 0 Å². The largest absolute Gasteiger partial charge is 0.481 e. The maximum absolute atomic E-state index is 12.2. The van der Waals surface area contributed by atoms with Gasteiger partial charge in [0.2, 0.25) is 0 Å². The van der Waals surface area contributed by atoms with Crippen molar-refractivity contribution >= 4 is 16.0 Å². The lowest BCUT2D eigenvalue weighted by molar-refractivity contribution is -0.141. The van der Waals surface area contributed by atoms with Gasteiger partial charge in [0.25, 0.3) is 10.0 Å². The molecule has 0 bridgehead atoms. The average molecular weight is 301 g/mol. The summed E-state index contributed by atoms with van der Waals surface area (Å²) < 4.78 is 28.7. The molecule has 1 heterocycles. The van der Waals surface area contributed by atoms with E-state index in [1.807, 2.05) is 6.92 Å². The summed E-state index contributed by atoms with van der Waals surface area (Å²) in [6.07, 6.45) is 2.89. The maximum atomic E-state index is 12.2. The van der Waals surface area contributed by atoms with E-state index in [-0.39, 0.29) is 11.1 Å². The van der Waals surface area contributed by atoms with Gasteiger partial charge in [0.15, 0.2) is 5.03 Å². The normalized spacial score (nSPS) is 23.1. The van der Waals surface area contributed by atoms with Gasteiger partial charge < -0.3 is 9.67 Å². The molecule has 7 nitrogen and oxygen atoms in total. The number of aryl methyl sites for hydroxylation is 2. The van der Waals surface area contributed by atoms with Crippen LogP contribution in [-0.2, 0) is 21.4 Å². The molecule has 2 rings (SSSR count). The summed E-state index contributed by atoms with van der Waals surface area (Å²) in [7, 11) is -3.68. The van der Waals surface area contributed by atoms with E-state index in [4.69, 9.17) is 5.11 Å². The molecule has 0 aromatic carbocycles. The Labute approximate surface area is 118 Å². The van der Waals surface area contributed by atoms with Gasteiger partial charge in [-0.3, -0.25) is 4.79 Å². The van der Waals surface area contributed by atoms with E-state index in [0.717, 1.165) is 0 Å². The number of hydrogen-bond donors (Lipinski definition) is 2. The number of hydrogen-bond acceptors (Lipinski definition) is 4. The fraction of sp³-hybridized carbons (Fsp3) is 0.667. The van der Waals surface area contributed by atoms with Crippen LogP contribution in [0.5, 0.6) is 0 Å². The van der Waals surface area contributed by atoms with Crippen LogP contribution in [0.4, 0.5) is 0 Å². The van der Waals surface area contributed by atoms with Crippen molar-refractivity contribution in [1.29, 1.82) is 0 Å². The number of nitrogens with zero attached hydrogens (tertiary/aromatic N) is 2. The molecule has 2 atom stereocenters. The second kappa shape index (κ2) is 5.53. The van der Waals surface area contributed by atoms with E-state index in [9.17, 15) is 13.2 Å². The highest BCUT2D eigenvalue weighted by Crippen LogP contribution is 2.26. The molecule has 2 N–H and O–H groups in total. The summed E-state index contributed by atoms with van der Waals surface area (Å²) >= 11 is 0. The Kier molecular flexibility index (Phi) is 4.14. The second-order valence-electron chi connectivity index (χ2n) is 5.08. The molecule has 0 amide bonds. The number of aliphatic carboxylic acids is 1. The third kappa shape index (κ3) is 3.01. The monoisotopic (exact) mass is 301 g/mol. The van der Waals surface area contributed by atoms with E-state index in [1.54, 1.807) is 11.5 Å². The lowest BCUT2D eigenvalue weighted by Gasteiger charge is -2.11. The molecular weight excluding hydrogens is 282 g/mol. The van der Waals surface area contributed by atoms with Gasteiger partial charge in [0.05, 0.1) is 5.92 Å². The van der Waals surface area contributed by atoms with Crippen LogP contribution >= 0.6 is 0 Å². The van der Waals surface area contributed by atoms with E-state index in [1.165, 1.54) is 6.20 Å². The van der Waals surface area contributed by atoms with Gasteiger partial charge in [-0.05, 0) is 33.1 Å². The van der Waals surface area contributed by atoms with Gasteiger partial charge in [-0.15, -0.1) is 0 Å². The Morgan fingerprint density at radius 1 is 1.55 bits per heavy atom. The topological polar surface area (TPSA) is 101 Å².